The number of nitrogens with zero attached hydrogens (tertiary/aromatic N) is 1. The smallest absolute Gasteiger partial charge is 0.297 e. The number of hydrogen-bond acceptors (Lipinski definition) is 5. The highest BCUT2D eigenvalue weighted by Gasteiger charge is 2.24. The van der Waals surface area contributed by atoms with Crippen LogP contribution in [0.4, 0.5) is 0 Å². The molecule has 1 aliphatic heterocycles. The van der Waals surface area contributed by atoms with E-state index in [1.807, 2.05) is 6.92 Å². The summed E-state index contributed by atoms with van der Waals surface area (Å²) in [6.07, 6.45) is -0.201. The van der Waals surface area contributed by atoms with Crippen molar-refractivity contribution in [3.63, 3.8) is 0 Å². The summed E-state index contributed by atoms with van der Waals surface area (Å²) >= 11 is 0. The SMILES string of the molecule is Cc1ccc(S(=O)(=O)OCC2CN(CC(C)C)CCO2)cc1. The van der Waals surface area contributed by atoms with Gasteiger partial charge in [-0.1, -0.05) is 31.5 Å². The molecule has 0 aromatic heterocycles. The van der Waals surface area contributed by atoms with Crippen LogP contribution in [0, 0.1) is 12.8 Å². The molecule has 0 aliphatic carbocycles. The largest absolute Gasteiger partial charge is 0.373 e. The number of morpholine rings is 1. The molecule has 2 rings (SSSR count). The molecule has 1 aromatic rings. The molecule has 1 fully saturated rings. The van der Waals surface area contributed by atoms with Gasteiger partial charge in [0.25, 0.3) is 10.1 Å². The Balaban J connectivity index is 1.90. The van der Waals surface area contributed by atoms with E-state index >= 15 is 0 Å². The molecule has 5 nitrogen and oxygen atoms in total. The Kier molecular flexibility index (Phi) is 5.97. The van der Waals surface area contributed by atoms with Crippen LogP contribution in [0.3, 0.4) is 0 Å². The van der Waals surface area contributed by atoms with Crippen molar-refractivity contribution in [2.75, 3.05) is 32.8 Å². The van der Waals surface area contributed by atoms with Crippen LogP contribution in [0.2, 0.25) is 0 Å². The van der Waals surface area contributed by atoms with Crippen LogP contribution in [-0.4, -0.2) is 52.3 Å². The van der Waals surface area contributed by atoms with E-state index in [1.54, 1.807) is 24.3 Å². The fourth-order valence-electron chi connectivity index (χ4n) is 2.50. The van der Waals surface area contributed by atoms with Gasteiger partial charge in [-0.05, 0) is 25.0 Å². The first kappa shape index (κ1) is 17.4. The van der Waals surface area contributed by atoms with Crippen LogP contribution >= 0.6 is 0 Å². The third-order valence-corrected chi connectivity index (χ3v) is 4.86. The highest BCUT2D eigenvalue weighted by molar-refractivity contribution is 7.86. The molecular weight excluding hydrogens is 302 g/mol. The van der Waals surface area contributed by atoms with Crippen LogP contribution in [0.15, 0.2) is 29.2 Å². The van der Waals surface area contributed by atoms with Crippen LogP contribution in [0.1, 0.15) is 19.4 Å². The molecule has 1 aliphatic rings. The van der Waals surface area contributed by atoms with Gasteiger partial charge in [0.1, 0.15) is 0 Å². The van der Waals surface area contributed by atoms with Crippen molar-refractivity contribution >= 4 is 10.1 Å². The first-order chi connectivity index (χ1) is 10.4. The maximum absolute atomic E-state index is 12.2. The van der Waals surface area contributed by atoms with Gasteiger partial charge in [0.2, 0.25) is 0 Å². The third kappa shape index (κ3) is 5.05. The lowest BCUT2D eigenvalue weighted by Crippen LogP contribution is -2.45. The zero-order chi connectivity index (χ0) is 16.2. The van der Waals surface area contributed by atoms with E-state index in [9.17, 15) is 8.42 Å². The van der Waals surface area contributed by atoms with E-state index in [4.69, 9.17) is 8.92 Å². The summed E-state index contributed by atoms with van der Waals surface area (Å²) in [5.74, 6) is 0.580. The summed E-state index contributed by atoms with van der Waals surface area (Å²) in [6, 6.07) is 6.66. The number of benzene rings is 1. The van der Waals surface area contributed by atoms with Gasteiger partial charge in [-0.25, -0.2) is 0 Å². The fourth-order valence-corrected chi connectivity index (χ4v) is 3.44. The summed E-state index contributed by atoms with van der Waals surface area (Å²) in [4.78, 5) is 2.48. The zero-order valence-corrected chi connectivity index (χ0v) is 14.3. The Morgan fingerprint density at radius 2 is 2.00 bits per heavy atom. The topological polar surface area (TPSA) is 55.8 Å². The van der Waals surface area contributed by atoms with Crippen molar-refractivity contribution in [3.05, 3.63) is 29.8 Å². The highest BCUT2D eigenvalue weighted by Crippen LogP contribution is 2.15. The maximum atomic E-state index is 12.2. The van der Waals surface area contributed by atoms with Crippen LogP contribution < -0.4 is 0 Å². The molecule has 1 atom stereocenters. The molecule has 1 aromatic carbocycles. The molecule has 1 heterocycles. The predicted octanol–water partition coefficient (Wildman–Crippen LogP) is 2.06. The van der Waals surface area contributed by atoms with Crippen LogP contribution in [0.25, 0.3) is 0 Å². The minimum Gasteiger partial charge on any atom is -0.373 e. The van der Waals surface area contributed by atoms with E-state index < -0.39 is 10.1 Å². The Morgan fingerprint density at radius 3 is 2.64 bits per heavy atom. The quantitative estimate of drug-likeness (QED) is 0.749. The van der Waals surface area contributed by atoms with Gasteiger partial charge in [-0.2, -0.15) is 8.42 Å². The molecular formula is C16H25NO4S. The summed E-state index contributed by atoms with van der Waals surface area (Å²) in [7, 11) is -3.72. The molecule has 0 spiro atoms. The molecule has 0 bridgehead atoms. The van der Waals surface area contributed by atoms with Crippen molar-refractivity contribution in [2.24, 2.45) is 5.92 Å². The van der Waals surface area contributed by atoms with Gasteiger partial charge < -0.3 is 4.74 Å². The number of aryl methyl sites for hydroxylation is 1. The first-order valence-electron chi connectivity index (χ1n) is 7.67. The fraction of sp³-hybridized carbons (Fsp3) is 0.625. The maximum Gasteiger partial charge on any atom is 0.297 e. The highest BCUT2D eigenvalue weighted by atomic mass is 32.2. The minimum absolute atomic E-state index is 0.0603. The molecule has 0 saturated carbocycles. The van der Waals surface area contributed by atoms with Crippen LogP contribution in [-0.2, 0) is 19.0 Å². The molecule has 0 amide bonds. The van der Waals surface area contributed by atoms with Crippen molar-refractivity contribution in [2.45, 2.75) is 31.8 Å². The lowest BCUT2D eigenvalue weighted by atomic mass is 10.2. The standard InChI is InChI=1S/C16H25NO4S/c1-13(2)10-17-8-9-20-15(11-17)12-21-22(18,19)16-6-4-14(3)5-7-16/h4-7,13,15H,8-12H2,1-3H3. The Morgan fingerprint density at radius 1 is 1.32 bits per heavy atom. The van der Waals surface area contributed by atoms with E-state index in [1.165, 1.54) is 0 Å². The normalized spacial score (nSPS) is 20.5. The molecule has 0 radical (unpaired) electrons. The van der Waals surface area contributed by atoms with Gasteiger partial charge in [-0.3, -0.25) is 9.08 Å². The summed E-state index contributed by atoms with van der Waals surface area (Å²) < 4.78 is 35.1. The average Bonchev–Trinajstić information content (AvgIpc) is 2.45. The van der Waals surface area contributed by atoms with Crippen molar-refractivity contribution < 1.29 is 17.3 Å². The molecule has 1 unspecified atom stereocenters. The Hall–Kier alpha value is -0.950. The number of hydrogen-bond donors (Lipinski definition) is 0. The van der Waals surface area contributed by atoms with E-state index in [-0.39, 0.29) is 17.6 Å². The Bertz CT molecular complexity index is 568. The summed E-state index contributed by atoms with van der Waals surface area (Å²) in [6.45, 7) is 9.52. The second kappa shape index (κ2) is 7.55. The predicted molar refractivity (Wildman–Crippen MR) is 85.3 cm³/mol. The summed E-state index contributed by atoms with van der Waals surface area (Å²) in [5, 5.41) is 0. The lowest BCUT2D eigenvalue weighted by Gasteiger charge is -2.33. The third-order valence-electron chi connectivity index (χ3n) is 3.56. The van der Waals surface area contributed by atoms with Gasteiger partial charge in [0.15, 0.2) is 0 Å². The van der Waals surface area contributed by atoms with Gasteiger partial charge in [-0.15, -0.1) is 0 Å². The monoisotopic (exact) mass is 327 g/mol. The lowest BCUT2D eigenvalue weighted by molar-refractivity contribution is -0.0496. The minimum atomic E-state index is -3.72. The molecule has 0 N–H and O–H groups in total. The van der Waals surface area contributed by atoms with Crippen molar-refractivity contribution in [1.29, 1.82) is 0 Å². The van der Waals surface area contributed by atoms with E-state index in [0.29, 0.717) is 19.1 Å². The molecule has 6 heteroatoms. The number of ether oxygens (including phenoxy) is 1. The zero-order valence-electron chi connectivity index (χ0n) is 13.5. The molecule has 1 saturated heterocycles. The second-order valence-corrected chi connectivity index (χ2v) is 7.81. The molecule has 22 heavy (non-hydrogen) atoms. The van der Waals surface area contributed by atoms with Gasteiger partial charge >= 0.3 is 0 Å². The second-order valence-electron chi connectivity index (χ2n) is 6.20. The number of rotatable bonds is 6. The van der Waals surface area contributed by atoms with Crippen molar-refractivity contribution in [3.8, 4) is 0 Å². The van der Waals surface area contributed by atoms with Gasteiger partial charge in [0, 0.05) is 19.6 Å². The van der Waals surface area contributed by atoms with E-state index in [0.717, 1.165) is 18.7 Å². The Labute approximate surface area is 133 Å². The van der Waals surface area contributed by atoms with Crippen molar-refractivity contribution in [1.82, 2.24) is 4.90 Å². The van der Waals surface area contributed by atoms with Gasteiger partial charge in [0.05, 0.1) is 24.2 Å². The van der Waals surface area contributed by atoms with E-state index in [2.05, 4.69) is 18.7 Å². The first-order valence-corrected chi connectivity index (χ1v) is 9.07. The van der Waals surface area contributed by atoms with Crippen LogP contribution in [0.5, 0.6) is 0 Å². The molecule has 124 valence electrons. The average molecular weight is 327 g/mol. The summed E-state index contributed by atoms with van der Waals surface area (Å²) in [5.41, 5.74) is 1.01.